The third-order valence-electron chi connectivity index (χ3n) is 3.91. The first-order valence-corrected chi connectivity index (χ1v) is 10.5. The van der Waals surface area contributed by atoms with E-state index in [9.17, 15) is 18.0 Å². The summed E-state index contributed by atoms with van der Waals surface area (Å²) in [6.07, 6.45) is 1.03. The van der Waals surface area contributed by atoms with E-state index in [2.05, 4.69) is 0 Å². The number of carbonyl (C=O) groups excluding carboxylic acids is 2. The molecule has 0 spiro atoms. The van der Waals surface area contributed by atoms with Gasteiger partial charge in [0.15, 0.2) is 6.61 Å². The molecule has 1 aromatic rings. The monoisotopic (exact) mass is 419 g/mol. The number of amides is 1. The highest BCUT2D eigenvalue weighted by atomic mass is 35.5. The molecule has 2 rings (SSSR count). The standard InChI is InChI=1S/C15H18ClN3O5S2/c1-18(8-3-7-17)13(20)10-24-15(21)11-4-2-9-19(11)26(22,23)14-6-5-12(16)25-14/h5-6,11H,2-4,8-10H2,1H3. The summed E-state index contributed by atoms with van der Waals surface area (Å²) in [5, 5.41) is 8.52. The van der Waals surface area contributed by atoms with Gasteiger partial charge in [-0.05, 0) is 25.0 Å². The molecule has 1 fully saturated rings. The average molecular weight is 420 g/mol. The molecule has 0 aliphatic carbocycles. The van der Waals surface area contributed by atoms with Crippen LogP contribution in [-0.4, -0.2) is 62.3 Å². The number of nitriles is 1. The second-order valence-corrected chi connectivity index (χ2v) is 9.50. The van der Waals surface area contributed by atoms with Crippen LogP contribution in [0.5, 0.6) is 0 Å². The molecule has 26 heavy (non-hydrogen) atoms. The Balaban J connectivity index is 2.00. The van der Waals surface area contributed by atoms with E-state index in [4.69, 9.17) is 21.6 Å². The highest BCUT2D eigenvalue weighted by molar-refractivity contribution is 7.91. The van der Waals surface area contributed by atoms with Crippen molar-refractivity contribution in [1.82, 2.24) is 9.21 Å². The van der Waals surface area contributed by atoms with Crippen LogP contribution in [-0.2, 0) is 24.3 Å². The molecular weight excluding hydrogens is 402 g/mol. The summed E-state index contributed by atoms with van der Waals surface area (Å²) < 4.78 is 31.9. The molecule has 0 bridgehead atoms. The fourth-order valence-electron chi connectivity index (χ4n) is 2.50. The Hall–Kier alpha value is -1.67. The lowest BCUT2D eigenvalue weighted by Gasteiger charge is -2.22. The van der Waals surface area contributed by atoms with Crippen LogP contribution in [0.1, 0.15) is 19.3 Å². The van der Waals surface area contributed by atoms with Crippen LogP contribution in [0.2, 0.25) is 4.34 Å². The lowest BCUT2D eigenvalue weighted by Crippen LogP contribution is -2.42. The van der Waals surface area contributed by atoms with E-state index in [1.165, 1.54) is 24.1 Å². The third-order valence-corrected chi connectivity index (χ3v) is 7.52. The maximum absolute atomic E-state index is 12.7. The fraction of sp³-hybridized carbons (Fsp3) is 0.533. The maximum Gasteiger partial charge on any atom is 0.324 e. The molecule has 142 valence electrons. The molecule has 1 aliphatic rings. The van der Waals surface area contributed by atoms with Crippen molar-refractivity contribution in [3.05, 3.63) is 16.5 Å². The number of hydrogen-bond donors (Lipinski definition) is 0. The molecule has 1 atom stereocenters. The van der Waals surface area contributed by atoms with Gasteiger partial charge in [0.25, 0.3) is 15.9 Å². The zero-order valence-corrected chi connectivity index (χ0v) is 16.4. The highest BCUT2D eigenvalue weighted by Gasteiger charge is 2.41. The molecule has 11 heteroatoms. The molecule has 1 amide bonds. The molecule has 0 radical (unpaired) electrons. The fourth-order valence-corrected chi connectivity index (χ4v) is 5.76. The van der Waals surface area contributed by atoms with Crippen LogP contribution in [0.3, 0.4) is 0 Å². The second-order valence-electron chi connectivity index (χ2n) is 5.66. The summed E-state index contributed by atoms with van der Waals surface area (Å²) >= 11 is 6.73. The first-order chi connectivity index (χ1) is 12.3. The minimum absolute atomic E-state index is 0.0644. The van der Waals surface area contributed by atoms with Crippen molar-refractivity contribution in [2.75, 3.05) is 26.7 Å². The zero-order valence-electron chi connectivity index (χ0n) is 14.1. The molecule has 1 unspecified atom stereocenters. The van der Waals surface area contributed by atoms with Gasteiger partial charge in [-0.25, -0.2) is 8.42 Å². The molecule has 2 heterocycles. The van der Waals surface area contributed by atoms with E-state index in [0.717, 1.165) is 15.6 Å². The van der Waals surface area contributed by atoms with Gasteiger partial charge in [0.2, 0.25) is 0 Å². The molecule has 0 aromatic carbocycles. The molecular formula is C15H18ClN3O5S2. The highest BCUT2D eigenvalue weighted by Crippen LogP contribution is 2.32. The molecule has 0 N–H and O–H groups in total. The van der Waals surface area contributed by atoms with Gasteiger partial charge in [0.1, 0.15) is 10.3 Å². The van der Waals surface area contributed by atoms with E-state index in [1.54, 1.807) is 0 Å². The first-order valence-electron chi connectivity index (χ1n) is 7.82. The summed E-state index contributed by atoms with van der Waals surface area (Å²) in [5.74, 6) is -1.21. The van der Waals surface area contributed by atoms with Crippen LogP contribution in [0.15, 0.2) is 16.3 Å². The summed E-state index contributed by atoms with van der Waals surface area (Å²) in [6.45, 7) is -0.0560. The van der Waals surface area contributed by atoms with Gasteiger partial charge in [0.05, 0.1) is 16.8 Å². The van der Waals surface area contributed by atoms with E-state index in [1.807, 2.05) is 6.07 Å². The Morgan fingerprint density at radius 3 is 2.85 bits per heavy atom. The number of thiophene rings is 1. The van der Waals surface area contributed by atoms with Crippen LogP contribution in [0.4, 0.5) is 0 Å². The van der Waals surface area contributed by atoms with Crippen molar-refractivity contribution in [3.8, 4) is 6.07 Å². The quantitative estimate of drug-likeness (QED) is 0.619. The summed E-state index contributed by atoms with van der Waals surface area (Å²) in [7, 11) is -2.34. The van der Waals surface area contributed by atoms with Crippen LogP contribution < -0.4 is 0 Å². The van der Waals surface area contributed by atoms with Crippen molar-refractivity contribution in [2.45, 2.75) is 29.5 Å². The number of likely N-dealkylation sites (N-methyl/N-ethyl adjacent to an activating group) is 1. The predicted octanol–water partition coefficient (Wildman–Crippen LogP) is 1.47. The number of nitrogens with zero attached hydrogens (tertiary/aromatic N) is 3. The minimum Gasteiger partial charge on any atom is -0.454 e. The lowest BCUT2D eigenvalue weighted by atomic mass is 10.2. The van der Waals surface area contributed by atoms with Crippen LogP contribution in [0, 0.1) is 11.3 Å². The number of carbonyl (C=O) groups is 2. The van der Waals surface area contributed by atoms with Gasteiger partial charge in [-0.3, -0.25) is 9.59 Å². The molecule has 8 nitrogen and oxygen atoms in total. The number of esters is 1. The Bertz CT molecular complexity index is 817. The Kier molecular flexibility index (Phi) is 7.00. The summed E-state index contributed by atoms with van der Waals surface area (Å²) in [6, 6.07) is 3.84. The van der Waals surface area contributed by atoms with Crippen molar-refractivity contribution in [2.24, 2.45) is 0 Å². The molecule has 1 saturated heterocycles. The Labute approximate surface area is 160 Å². The largest absolute Gasteiger partial charge is 0.454 e. The Morgan fingerprint density at radius 2 is 2.23 bits per heavy atom. The van der Waals surface area contributed by atoms with Crippen molar-refractivity contribution < 1.29 is 22.7 Å². The van der Waals surface area contributed by atoms with Gasteiger partial charge in [0, 0.05) is 20.1 Å². The maximum atomic E-state index is 12.7. The number of ether oxygens (including phenoxy) is 1. The minimum atomic E-state index is -3.84. The Morgan fingerprint density at radius 1 is 1.50 bits per heavy atom. The topological polar surface area (TPSA) is 108 Å². The van der Waals surface area contributed by atoms with Crippen molar-refractivity contribution >= 4 is 44.8 Å². The van der Waals surface area contributed by atoms with Gasteiger partial charge in [-0.2, -0.15) is 9.57 Å². The number of halogens is 1. The van der Waals surface area contributed by atoms with E-state index in [-0.39, 0.29) is 23.7 Å². The van der Waals surface area contributed by atoms with Gasteiger partial charge < -0.3 is 9.64 Å². The van der Waals surface area contributed by atoms with Crippen LogP contribution in [0.25, 0.3) is 0 Å². The molecule has 1 aliphatic heterocycles. The zero-order chi connectivity index (χ0) is 19.3. The van der Waals surface area contributed by atoms with E-state index < -0.39 is 34.5 Å². The lowest BCUT2D eigenvalue weighted by molar-refractivity contribution is -0.154. The predicted molar refractivity (Wildman–Crippen MR) is 95.1 cm³/mol. The summed E-state index contributed by atoms with van der Waals surface area (Å²) in [5.41, 5.74) is 0. The molecule has 1 aromatic heterocycles. The third kappa shape index (κ3) is 4.73. The first kappa shape index (κ1) is 20.6. The van der Waals surface area contributed by atoms with Gasteiger partial charge in [-0.15, -0.1) is 11.3 Å². The normalized spacial score (nSPS) is 17.7. The van der Waals surface area contributed by atoms with Gasteiger partial charge >= 0.3 is 5.97 Å². The number of hydrogen-bond acceptors (Lipinski definition) is 7. The summed E-state index contributed by atoms with van der Waals surface area (Å²) in [4.78, 5) is 25.5. The second kappa shape index (κ2) is 8.81. The number of rotatable bonds is 7. The average Bonchev–Trinajstić information content (AvgIpc) is 3.26. The number of sulfonamides is 1. The van der Waals surface area contributed by atoms with Crippen molar-refractivity contribution in [1.29, 1.82) is 5.26 Å². The van der Waals surface area contributed by atoms with E-state index >= 15 is 0 Å². The van der Waals surface area contributed by atoms with E-state index in [0.29, 0.717) is 17.2 Å². The SMILES string of the molecule is CN(CCC#N)C(=O)COC(=O)C1CCCN1S(=O)(=O)c1ccc(Cl)s1. The smallest absolute Gasteiger partial charge is 0.324 e. The van der Waals surface area contributed by atoms with Gasteiger partial charge in [-0.1, -0.05) is 11.6 Å². The molecule has 0 saturated carbocycles. The van der Waals surface area contributed by atoms with Crippen LogP contribution >= 0.6 is 22.9 Å². The van der Waals surface area contributed by atoms with Crippen molar-refractivity contribution in [3.63, 3.8) is 0 Å².